The lowest BCUT2D eigenvalue weighted by atomic mass is 9.87. The maximum atomic E-state index is 12.6. The van der Waals surface area contributed by atoms with Gasteiger partial charge in [0.2, 0.25) is 5.91 Å². The van der Waals surface area contributed by atoms with Crippen LogP contribution in [0.15, 0.2) is 48.5 Å². The van der Waals surface area contributed by atoms with Crippen LogP contribution in [-0.2, 0) is 21.5 Å². The molecule has 1 heterocycles. The molecule has 1 aliphatic rings. The average Bonchev–Trinajstić information content (AvgIpc) is 2.75. The highest BCUT2D eigenvalue weighted by molar-refractivity contribution is 5.94. The van der Waals surface area contributed by atoms with Crippen molar-refractivity contribution >= 4 is 17.5 Å². The zero-order valence-electron chi connectivity index (χ0n) is 19.6. The second-order valence-corrected chi connectivity index (χ2v) is 9.70. The first kappa shape index (κ1) is 23.8. The van der Waals surface area contributed by atoms with Gasteiger partial charge in [-0.15, -0.1) is 0 Å². The van der Waals surface area contributed by atoms with Gasteiger partial charge in [0.15, 0.2) is 6.10 Å². The molecule has 2 aromatic carbocycles. The molecule has 2 atom stereocenters. The van der Waals surface area contributed by atoms with E-state index in [0.717, 1.165) is 42.7 Å². The Bertz CT molecular complexity index is 934. The highest BCUT2D eigenvalue weighted by atomic mass is 16.5. The first-order valence-corrected chi connectivity index (χ1v) is 11.3. The molecule has 2 amide bonds. The summed E-state index contributed by atoms with van der Waals surface area (Å²) >= 11 is 0. The second-order valence-electron chi connectivity index (χ2n) is 9.70. The van der Waals surface area contributed by atoms with E-state index < -0.39 is 6.10 Å². The maximum Gasteiger partial charge on any atom is 0.265 e. The smallest absolute Gasteiger partial charge is 0.265 e. The van der Waals surface area contributed by atoms with Crippen molar-refractivity contribution in [2.45, 2.75) is 58.6 Å². The number of rotatable bonds is 7. The number of primary amides is 1. The van der Waals surface area contributed by atoms with E-state index in [1.807, 2.05) is 42.5 Å². The monoisotopic (exact) mass is 437 g/mol. The number of piperidine rings is 1. The van der Waals surface area contributed by atoms with Crippen LogP contribution >= 0.6 is 0 Å². The van der Waals surface area contributed by atoms with Crippen LogP contribution in [0, 0.1) is 5.92 Å². The third kappa shape index (κ3) is 6.57. The van der Waals surface area contributed by atoms with Crippen molar-refractivity contribution in [1.82, 2.24) is 4.90 Å². The molecule has 1 fully saturated rings. The van der Waals surface area contributed by atoms with Gasteiger partial charge in [-0.1, -0.05) is 45.0 Å². The van der Waals surface area contributed by atoms with Crippen LogP contribution in [0.5, 0.6) is 5.75 Å². The molecule has 6 nitrogen and oxygen atoms in total. The number of likely N-dealkylation sites (tertiary alicyclic amines) is 1. The molecule has 0 spiro atoms. The van der Waals surface area contributed by atoms with Gasteiger partial charge in [0.05, 0.1) is 5.92 Å². The summed E-state index contributed by atoms with van der Waals surface area (Å²) in [6.07, 6.45) is 1.24. The highest BCUT2D eigenvalue weighted by Gasteiger charge is 2.24. The van der Waals surface area contributed by atoms with Crippen molar-refractivity contribution < 1.29 is 14.3 Å². The van der Waals surface area contributed by atoms with E-state index >= 15 is 0 Å². The zero-order valence-corrected chi connectivity index (χ0v) is 19.6. The SMILES string of the molecule is CC(Oc1cccc(C(C)(C)C)c1)C(=O)Nc1ccc(CN2CCCC(C(N)=O)C2)cc1. The summed E-state index contributed by atoms with van der Waals surface area (Å²) in [5.74, 6) is 0.215. The normalized spacial score (nSPS) is 18.1. The predicted molar refractivity (Wildman–Crippen MR) is 127 cm³/mol. The fourth-order valence-corrected chi connectivity index (χ4v) is 3.92. The average molecular weight is 438 g/mol. The lowest BCUT2D eigenvalue weighted by Crippen LogP contribution is -2.40. The van der Waals surface area contributed by atoms with Gasteiger partial charge < -0.3 is 15.8 Å². The number of nitrogens with two attached hydrogens (primary N) is 1. The number of hydrogen-bond donors (Lipinski definition) is 2. The Kier molecular flexibility index (Phi) is 7.56. The number of carbonyl (C=O) groups is 2. The summed E-state index contributed by atoms with van der Waals surface area (Å²) in [7, 11) is 0. The Labute approximate surface area is 191 Å². The van der Waals surface area contributed by atoms with Gasteiger partial charge in [-0.2, -0.15) is 0 Å². The van der Waals surface area contributed by atoms with Crippen molar-refractivity contribution in [3.8, 4) is 5.75 Å². The molecule has 0 saturated carbocycles. The summed E-state index contributed by atoms with van der Waals surface area (Å²) in [6.45, 7) is 10.6. The van der Waals surface area contributed by atoms with E-state index in [4.69, 9.17) is 10.5 Å². The Hall–Kier alpha value is -2.86. The fourth-order valence-electron chi connectivity index (χ4n) is 3.92. The summed E-state index contributed by atoms with van der Waals surface area (Å²) in [6, 6.07) is 15.7. The minimum atomic E-state index is -0.621. The van der Waals surface area contributed by atoms with Crippen LogP contribution in [0.25, 0.3) is 0 Å². The van der Waals surface area contributed by atoms with Crippen molar-refractivity contribution in [3.63, 3.8) is 0 Å². The molecule has 0 bridgehead atoms. The molecular formula is C26H35N3O3. The quantitative estimate of drug-likeness (QED) is 0.683. The molecular weight excluding hydrogens is 402 g/mol. The topological polar surface area (TPSA) is 84.7 Å². The summed E-state index contributed by atoms with van der Waals surface area (Å²) in [4.78, 5) is 26.3. The number of nitrogens with one attached hydrogen (secondary N) is 1. The molecule has 172 valence electrons. The number of anilines is 1. The number of nitrogens with zero attached hydrogens (tertiary/aromatic N) is 1. The van der Waals surface area contributed by atoms with Gasteiger partial charge in [0, 0.05) is 18.8 Å². The third-order valence-corrected chi connectivity index (χ3v) is 5.92. The van der Waals surface area contributed by atoms with Gasteiger partial charge in [-0.05, 0) is 67.1 Å². The second kappa shape index (κ2) is 10.2. The molecule has 3 rings (SSSR count). The minimum absolute atomic E-state index is 0.0154. The predicted octanol–water partition coefficient (Wildman–Crippen LogP) is 4.09. The molecule has 6 heteroatoms. The Morgan fingerprint density at radius 2 is 1.91 bits per heavy atom. The number of hydrogen-bond acceptors (Lipinski definition) is 4. The van der Waals surface area contributed by atoms with E-state index in [-0.39, 0.29) is 23.1 Å². The molecule has 2 unspecified atom stereocenters. The molecule has 0 aliphatic carbocycles. The molecule has 2 aromatic rings. The van der Waals surface area contributed by atoms with Crippen LogP contribution in [0.1, 0.15) is 51.7 Å². The van der Waals surface area contributed by atoms with Crippen molar-refractivity contribution in [2.75, 3.05) is 18.4 Å². The van der Waals surface area contributed by atoms with E-state index in [9.17, 15) is 9.59 Å². The Balaban J connectivity index is 1.53. The Morgan fingerprint density at radius 3 is 2.56 bits per heavy atom. The van der Waals surface area contributed by atoms with E-state index in [1.165, 1.54) is 0 Å². The molecule has 0 aromatic heterocycles. The van der Waals surface area contributed by atoms with Crippen molar-refractivity contribution in [3.05, 3.63) is 59.7 Å². The highest BCUT2D eigenvalue weighted by Crippen LogP contribution is 2.26. The van der Waals surface area contributed by atoms with Crippen molar-refractivity contribution in [2.24, 2.45) is 11.7 Å². The largest absolute Gasteiger partial charge is 0.481 e. The molecule has 1 aliphatic heterocycles. The summed E-state index contributed by atoms with van der Waals surface area (Å²) in [5.41, 5.74) is 8.51. The van der Waals surface area contributed by atoms with Crippen LogP contribution in [0.2, 0.25) is 0 Å². The number of carbonyl (C=O) groups excluding carboxylic acids is 2. The number of amides is 2. The zero-order chi connectivity index (χ0) is 23.3. The minimum Gasteiger partial charge on any atom is -0.481 e. The lowest BCUT2D eigenvalue weighted by Gasteiger charge is -2.31. The van der Waals surface area contributed by atoms with Gasteiger partial charge in [0.25, 0.3) is 5.91 Å². The van der Waals surface area contributed by atoms with Gasteiger partial charge in [0.1, 0.15) is 5.75 Å². The summed E-state index contributed by atoms with van der Waals surface area (Å²) in [5, 5.41) is 2.92. The third-order valence-electron chi connectivity index (χ3n) is 5.92. The Morgan fingerprint density at radius 1 is 1.19 bits per heavy atom. The lowest BCUT2D eigenvalue weighted by molar-refractivity contribution is -0.123. The molecule has 3 N–H and O–H groups in total. The maximum absolute atomic E-state index is 12.6. The fraction of sp³-hybridized carbons (Fsp3) is 0.462. The van der Waals surface area contributed by atoms with Gasteiger partial charge >= 0.3 is 0 Å². The first-order valence-electron chi connectivity index (χ1n) is 11.3. The van der Waals surface area contributed by atoms with E-state index in [1.54, 1.807) is 6.92 Å². The van der Waals surface area contributed by atoms with Crippen molar-refractivity contribution in [1.29, 1.82) is 0 Å². The standard InChI is InChI=1S/C26H35N3O3/c1-18(32-23-9-5-8-21(15-23)26(2,3)4)25(31)28-22-12-10-19(11-13-22)16-29-14-6-7-20(17-29)24(27)30/h5,8-13,15,18,20H,6-7,14,16-17H2,1-4H3,(H2,27,30)(H,28,31). The van der Waals surface area contributed by atoms with E-state index in [2.05, 4.69) is 37.1 Å². The van der Waals surface area contributed by atoms with Crippen LogP contribution < -0.4 is 15.8 Å². The number of benzene rings is 2. The van der Waals surface area contributed by atoms with Gasteiger partial charge in [-0.25, -0.2) is 0 Å². The van der Waals surface area contributed by atoms with E-state index in [0.29, 0.717) is 12.3 Å². The van der Waals surface area contributed by atoms with Crippen LogP contribution in [0.4, 0.5) is 5.69 Å². The van der Waals surface area contributed by atoms with Gasteiger partial charge in [-0.3, -0.25) is 14.5 Å². The molecule has 32 heavy (non-hydrogen) atoms. The molecule has 0 radical (unpaired) electrons. The number of ether oxygens (including phenoxy) is 1. The van der Waals surface area contributed by atoms with Crippen LogP contribution in [0.3, 0.4) is 0 Å². The molecule has 1 saturated heterocycles. The first-order chi connectivity index (χ1) is 15.1. The summed E-state index contributed by atoms with van der Waals surface area (Å²) < 4.78 is 5.88. The van der Waals surface area contributed by atoms with Crippen LogP contribution in [-0.4, -0.2) is 35.9 Å².